The fourth-order valence-electron chi connectivity index (χ4n) is 3.11. The van der Waals surface area contributed by atoms with Crippen molar-refractivity contribution < 1.29 is 5.11 Å². The Labute approximate surface area is 128 Å². The van der Waals surface area contributed by atoms with Crippen LogP contribution in [-0.4, -0.2) is 45.5 Å². The van der Waals surface area contributed by atoms with Gasteiger partial charge in [-0.25, -0.2) is 0 Å². The molecule has 1 atom stereocenters. The number of aliphatic hydroxyl groups is 1. The van der Waals surface area contributed by atoms with Gasteiger partial charge in [-0.3, -0.25) is 4.68 Å². The Morgan fingerprint density at radius 3 is 2.57 bits per heavy atom. The third-order valence-corrected chi connectivity index (χ3v) is 4.72. The van der Waals surface area contributed by atoms with Gasteiger partial charge in [-0.05, 0) is 51.6 Å². The number of aryl methyl sites for hydroxylation is 1. The van der Waals surface area contributed by atoms with Crippen molar-refractivity contribution >= 4 is 5.69 Å². The molecule has 3 N–H and O–H groups in total. The van der Waals surface area contributed by atoms with Crippen LogP contribution in [0, 0.1) is 19.3 Å². The molecule has 2 heterocycles. The number of nitrogen functional groups attached to an aromatic ring is 1. The van der Waals surface area contributed by atoms with Crippen LogP contribution >= 0.6 is 0 Å². The molecule has 1 saturated heterocycles. The first-order valence-electron chi connectivity index (χ1n) is 7.98. The van der Waals surface area contributed by atoms with Crippen molar-refractivity contribution in [2.75, 3.05) is 25.4 Å². The van der Waals surface area contributed by atoms with E-state index in [0.717, 1.165) is 30.2 Å². The van der Waals surface area contributed by atoms with Crippen LogP contribution in [0.3, 0.4) is 0 Å². The van der Waals surface area contributed by atoms with E-state index >= 15 is 0 Å². The fourth-order valence-corrected chi connectivity index (χ4v) is 3.11. The molecule has 0 aliphatic carbocycles. The van der Waals surface area contributed by atoms with Gasteiger partial charge in [0.05, 0.1) is 29.7 Å². The lowest BCUT2D eigenvalue weighted by molar-refractivity contribution is 0.0944. The number of aliphatic hydroxyl groups excluding tert-OH is 1. The molecular weight excluding hydrogens is 264 g/mol. The molecule has 1 aromatic rings. The summed E-state index contributed by atoms with van der Waals surface area (Å²) in [7, 11) is 0. The van der Waals surface area contributed by atoms with Crippen molar-refractivity contribution in [1.29, 1.82) is 0 Å². The molecule has 0 saturated carbocycles. The highest BCUT2D eigenvalue weighted by atomic mass is 16.3. The zero-order chi connectivity index (χ0) is 15.6. The quantitative estimate of drug-likeness (QED) is 0.891. The van der Waals surface area contributed by atoms with Gasteiger partial charge in [0.2, 0.25) is 0 Å². The summed E-state index contributed by atoms with van der Waals surface area (Å²) in [5.41, 5.74) is 8.90. The van der Waals surface area contributed by atoms with E-state index < -0.39 is 6.10 Å². The lowest BCUT2D eigenvalue weighted by atomic mass is 9.85. The van der Waals surface area contributed by atoms with E-state index in [1.54, 1.807) is 0 Å². The van der Waals surface area contributed by atoms with Crippen LogP contribution in [-0.2, 0) is 6.54 Å². The largest absolute Gasteiger partial charge is 0.396 e. The Morgan fingerprint density at radius 2 is 1.95 bits per heavy atom. The summed E-state index contributed by atoms with van der Waals surface area (Å²) in [4.78, 5) is 2.38. The minimum absolute atomic E-state index is 0.399. The van der Waals surface area contributed by atoms with Gasteiger partial charge in [-0.15, -0.1) is 0 Å². The number of rotatable bonds is 4. The van der Waals surface area contributed by atoms with Crippen LogP contribution in [0.1, 0.15) is 44.5 Å². The highest BCUT2D eigenvalue weighted by Crippen LogP contribution is 2.29. The zero-order valence-corrected chi connectivity index (χ0v) is 13.9. The monoisotopic (exact) mass is 294 g/mol. The van der Waals surface area contributed by atoms with Gasteiger partial charge in [-0.2, -0.15) is 5.10 Å². The second-order valence-corrected chi connectivity index (χ2v) is 7.24. The molecule has 0 radical (unpaired) electrons. The molecule has 1 aliphatic heterocycles. The third-order valence-electron chi connectivity index (χ3n) is 4.72. The Morgan fingerprint density at radius 1 is 1.24 bits per heavy atom. The van der Waals surface area contributed by atoms with Crippen LogP contribution in [0.2, 0.25) is 0 Å². The molecular formula is C16H30N4O. The molecule has 2 rings (SSSR count). The summed E-state index contributed by atoms with van der Waals surface area (Å²) in [6.45, 7) is 11.9. The van der Waals surface area contributed by atoms with Crippen molar-refractivity contribution in [1.82, 2.24) is 14.7 Å². The summed E-state index contributed by atoms with van der Waals surface area (Å²) in [5, 5.41) is 14.8. The number of β-amino-alcohol motifs (C(OH)–C–C–N with tert-alkyl or cyclic N) is 1. The second-order valence-electron chi connectivity index (χ2n) is 7.24. The van der Waals surface area contributed by atoms with E-state index in [-0.39, 0.29) is 0 Å². The van der Waals surface area contributed by atoms with E-state index in [1.807, 2.05) is 18.5 Å². The molecule has 1 unspecified atom stereocenters. The SMILES string of the molecule is Cc1nn(CC(O)CN2CCCC(C)(C)CC2)c(C)c1N. The van der Waals surface area contributed by atoms with E-state index in [4.69, 9.17) is 5.73 Å². The van der Waals surface area contributed by atoms with Gasteiger partial charge in [0.15, 0.2) is 0 Å². The van der Waals surface area contributed by atoms with Gasteiger partial charge < -0.3 is 15.7 Å². The van der Waals surface area contributed by atoms with Crippen LogP contribution in [0.25, 0.3) is 0 Å². The summed E-state index contributed by atoms with van der Waals surface area (Å²) in [5.74, 6) is 0. The lowest BCUT2D eigenvalue weighted by Crippen LogP contribution is -2.36. The number of hydrogen-bond acceptors (Lipinski definition) is 4. The minimum Gasteiger partial charge on any atom is -0.396 e. The Bertz CT molecular complexity index is 481. The van der Waals surface area contributed by atoms with Crippen LogP contribution in [0.5, 0.6) is 0 Å². The molecule has 21 heavy (non-hydrogen) atoms. The van der Waals surface area contributed by atoms with Crippen molar-refractivity contribution in [3.8, 4) is 0 Å². The number of hydrogen-bond donors (Lipinski definition) is 2. The van der Waals surface area contributed by atoms with Gasteiger partial charge in [0, 0.05) is 6.54 Å². The molecule has 1 aromatic heterocycles. The normalized spacial score (nSPS) is 21.2. The third kappa shape index (κ3) is 4.20. The first-order chi connectivity index (χ1) is 9.78. The average molecular weight is 294 g/mol. The summed E-state index contributed by atoms with van der Waals surface area (Å²) >= 11 is 0. The standard InChI is InChI=1S/C16H30N4O/c1-12-15(17)13(2)20(18-12)11-14(21)10-19-8-5-6-16(3,4)7-9-19/h14,21H,5-11,17H2,1-4H3. The number of anilines is 1. The smallest absolute Gasteiger partial charge is 0.0862 e. The maximum absolute atomic E-state index is 10.4. The summed E-state index contributed by atoms with van der Waals surface area (Å²) in [6.07, 6.45) is 3.29. The minimum atomic E-state index is -0.399. The number of nitrogens with two attached hydrogens (primary N) is 1. The molecule has 1 fully saturated rings. The van der Waals surface area contributed by atoms with E-state index in [0.29, 0.717) is 18.5 Å². The fraction of sp³-hybridized carbons (Fsp3) is 0.812. The van der Waals surface area contributed by atoms with Crippen LogP contribution in [0.15, 0.2) is 0 Å². The first kappa shape index (κ1) is 16.3. The van der Waals surface area contributed by atoms with Crippen molar-refractivity contribution in [2.24, 2.45) is 5.41 Å². The topological polar surface area (TPSA) is 67.3 Å². The highest BCUT2D eigenvalue weighted by molar-refractivity contribution is 5.46. The number of aromatic nitrogens is 2. The van der Waals surface area contributed by atoms with Crippen molar-refractivity contribution in [3.05, 3.63) is 11.4 Å². The summed E-state index contributed by atoms with van der Waals surface area (Å²) in [6, 6.07) is 0. The molecule has 120 valence electrons. The predicted octanol–water partition coefficient (Wildman–Crippen LogP) is 1.96. The number of likely N-dealkylation sites (tertiary alicyclic amines) is 1. The molecule has 5 heteroatoms. The Kier molecular flexibility index (Phi) is 4.94. The molecule has 1 aliphatic rings. The number of nitrogens with zero attached hydrogens (tertiary/aromatic N) is 3. The van der Waals surface area contributed by atoms with Gasteiger partial charge in [0.25, 0.3) is 0 Å². The maximum atomic E-state index is 10.4. The molecule has 0 amide bonds. The van der Waals surface area contributed by atoms with Crippen molar-refractivity contribution in [3.63, 3.8) is 0 Å². The molecule has 0 bridgehead atoms. The first-order valence-corrected chi connectivity index (χ1v) is 7.98. The summed E-state index contributed by atoms with van der Waals surface area (Å²) < 4.78 is 1.83. The highest BCUT2D eigenvalue weighted by Gasteiger charge is 2.24. The van der Waals surface area contributed by atoms with Gasteiger partial charge in [-0.1, -0.05) is 13.8 Å². The van der Waals surface area contributed by atoms with E-state index in [9.17, 15) is 5.11 Å². The van der Waals surface area contributed by atoms with Gasteiger partial charge >= 0.3 is 0 Å². The Hall–Kier alpha value is -1.07. The Balaban J connectivity index is 1.89. The zero-order valence-electron chi connectivity index (χ0n) is 13.9. The average Bonchev–Trinajstić information content (AvgIpc) is 2.56. The van der Waals surface area contributed by atoms with Crippen LogP contribution < -0.4 is 5.73 Å². The molecule has 5 nitrogen and oxygen atoms in total. The van der Waals surface area contributed by atoms with E-state index in [1.165, 1.54) is 19.3 Å². The molecule has 0 aromatic carbocycles. The lowest BCUT2D eigenvalue weighted by Gasteiger charge is -2.25. The van der Waals surface area contributed by atoms with Crippen molar-refractivity contribution in [2.45, 2.75) is 59.6 Å². The second kappa shape index (κ2) is 6.36. The molecule has 0 spiro atoms. The van der Waals surface area contributed by atoms with Crippen LogP contribution in [0.4, 0.5) is 5.69 Å². The maximum Gasteiger partial charge on any atom is 0.0862 e. The predicted molar refractivity (Wildman–Crippen MR) is 86.2 cm³/mol. The van der Waals surface area contributed by atoms with E-state index in [2.05, 4.69) is 23.8 Å². The van der Waals surface area contributed by atoms with Gasteiger partial charge in [0.1, 0.15) is 0 Å².